The van der Waals surface area contributed by atoms with Gasteiger partial charge in [-0.2, -0.15) is 0 Å². The fourth-order valence-corrected chi connectivity index (χ4v) is 1.20. The largest absolute Gasteiger partial charge is 0.448 e. The molecule has 0 bridgehead atoms. The Morgan fingerprint density at radius 1 is 1.38 bits per heavy atom. The van der Waals surface area contributed by atoms with Gasteiger partial charge in [-0.05, 0) is 29.8 Å². The molecule has 0 unspecified atom stereocenters. The van der Waals surface area contributed by atoms with Gasteiger partial charge >= 0.3 is 6.09 Å². The van der Waals surface area contributed by atoms with Crippen LogP contribution < -0.4 is 5.32 Å². The average molecular weight is 262 g/mol. The monoisotopic (exact) mass is 261 g/mol. The van der Waals surface area contributed by atoms with Crippen LogP contribution in [0.1, 0.15) is 10.4 Å². The fourth-order valence-electron chi connectivity index (χ4n) is 1.00. The number of nitrogens with one attached hydrogen (secondary N) is 1. The van der Waals surface area contributed by atoms with Gasteiger partial charge in [0.25, 0.3) is 5.24 Å². The number of amides is 1. The lowest BCUT2D eigenvalue weighted by Gasteiger charge is -2.05. The van der Waals surface area contributed by atoms with Gasteiger partial charge in [0.05, 0.1) is 5.88 Å². The number of benzene rings is 1. The highest BCUT2D eigenvalue weighted by Crippen LogP contribution is 2.12. The van der Waals surface area contributed by atoms with Crippen molar-refractivity contribution < 1.29 is 14.3 Å². The Bertz CT molecular complexity index is 395. The van der Waals surface area contributed by atoms with Crippen molar-refractivity contribution in [1.82, 2.24) is 0 Å². The molecule has 16 heavy (non-hydrogen) atoms. The summed E-state index contributed by atoms with van der Waals surface area (Å²) in [4.78, 5) is 22.0. The van der Waals surface area contributed by atoms with Crippen LogP contribution in [0.3, 0.4) is 0 Å². The number of halogens is 2. The van der Waals surface area contributed by atoms with Gasteiger partial charge < -0.3 is 4.74 Å². The summed E-state index contributed by atoms with van der Waals surface area (Å²) in [6.07, 6.45) is -0.625. The summed E-state index contributed by atoms with van der Waals surface area (Å²) < 4.78 is 4.70. The molecule has 1 aromatic carbocycles. The topological polar surface area (TPSA) is 55.4 Å². The molecule has 6 heteroatoms. The van der Waals surface area contributed by atoms with Crippen LogP contribution in [-0.2, 0) is 4.74 Å². The molecule has 1 amide bonds. The van der Waals surface area contributed by atoms with Crippen LogP contribution in [0.25, 0.3) is 0 Å². The Labute approximate surface area is 102 Å². The van der Waals surface area contributed by atoms with Gasteiger partial charge in [-0.25, -0.2) is 4.79 Å². The van der Waals surface area contributed by atoms with Crippen molar-refractivity contribution in [3.05, 3.63) is 29.8 Å². The maximum atomic E-state index is 11.1. The third-order valence-corrected chi connectivity index (χ3v) is 2.02. The zero-order chi connectivity index (χ0) is 12.0. The predicted octanol–water partition coefficient (Wildman–Crippen LogP) is 2.85. The zero-order valence-corrected chi connectivity index (χ0v) is 9.72. The molecule has 0 saturated carbocycles. The van der Waals surface area contributed by atoms with E-state index in [1.165, 1.54) is 6.07 Å². The van der Waals surface area contributed by atoms with E-state index in [1.807, 2.05) is 0 Å². The number of hydrogen-bond acceptors (Lipinski definition) is 3. The smallest absolute Gasteiger partial charge is 0.411 e. The van der Waals surface area contributed by atoms with E-state index < -0.39 is 11.3 Å². The summed E-state index contributed by atoms with van der Waals surface area (Å²) in [6, 6.07) is 6.22. The third kappa shape index (κ3) is 4.08. The second-order valence-corrected chi connectivity index (χ2v) is 3.53. The first-order valence-corrected chi connectivity index (χ1v) is 5.34. The Morgan fingerprint density at radius 3 is 2.75 bits per heavy atom. The Morgan fingerprint density at radius 2 is 2.12 bits per heavy atom. The van der Waals surface area contributed by atoms with E-state index in [0.717, 1.165) is 0 Å². The van der Waals surface area contributed by atoms with E-state index in [-0.39, 0.29) is 12.5 Å². The van der Waals surface area contributed by atoms with E-state index in [2.05, 4.69) is 5.32 Å². The molecule has 86 valence electrons. The third-order valence-electron chi connectivity index (χ3n) is 1.65. The van der Waals surface area contributed by atoms with Crippen LogP contribution in [0.15, 0.2) is 24.3 Å². The minimum atomic E-state index is -0.625. The van der Waals surface area contributed by atoms with Crippen LogP contribution in [0.4, 0.5) is 10.5 Å². The number of carbonyl (C=O) groups excluding carboxylic acids is 2. The molecule has 1 rings (SSSR count). The lowest BCUT2D eigenvalue weighted by molar-refractivity contribution is 0.108. The van der Waals surface area contributed by atoms with Crippen molar-refractivity contribution in [2.24, 2.45) is 0 Å². The van der Waals surface area contributed by atoms with Crippen LogP contribution >= 0.6 is 23.2 Å². The molecular weight excluding hydrogens is 253 g/mol. The van der Waals surface area contributed by atoms with Crippen molar-refractivity contribution >= 4 is 40.2 Å². The summed E-state index contributed by atoms with van der Waals surface area (Å²) >= 11 is 10.6. The molecule has 0 atom stereocenters. The van der Waals surface area contributed by atoms with Gasteiger partial charge in [-0.15, -0.1) is 11.6 Å². The second kappa shape index (κ2) is 6.35. The molecular formula is C10H9Cl2NO3. The number of ether oxygens (including phenoxy) is 1. The van der Waals surface area contributed by atoms with Gasteiger partial charge in [0.15, 0.2) is 0 Å². The average Bonchev–Trinajstić information content (AvgIpc) is 2.26. The Hall–Kier alpha value is -1.26. The van der Waals surface area contributed by atoms with E-state index in [1.54, 1.807) is 18.2 Å². The number of alkyl halides is 1. The maximum absolute atomic E-state index is 11.1. The van der Waals surface area contributed by atoms with Crippen molar-refractivity contribution in [3.63, 3.8) is 0 Å². The highest BCUT2D eigenvalue weighted by atomic mass is 35.5. The minimum absolute atomic E-state index is 0.127. The predicted molar refractivity (Wildman–Crippen MR) is 62.3 cm³/mol. The van der Waals surface area contributed by atoms with Gasteiger partial charge in [-0.1, -0.05) is 6.07 Å². The van der Waals surface area contributed by atoms with Crippen LogP contribution in [0.5, 0.6) is 0 Å². The molecule has 0 aliphatic heterocycles. The molecule has 0 saturated heterocycles. The first-order chi connectivity index (χ1) is 7.63. The molecule has 0 fully saturated rings. The van der Waals surface area contributed by atoms with E-state index >= 15 is 0 Å². The highest BCUT2D eigenvalue weighted by molar-refractivity contribution is 6.67. The molecule has 0 aliphatic rings. The summed E-state index contributed by atoms with van der Waals surface area (Å²) in [6.45, 7) is 0.127. The van der Waals surface area contributed by atoms with Crippen molar-refractivity contribution in [3.8, 4) is 0 Å². The minimum Gasteiger partial charge on any atom is -0.448 e. The normalized spacial score (nSPS) is 9.62. The van der Waals surface area contributed by atoms with Gasteiger partial charge in [0.1, 0.15) is 6.61 Å². The molecule has 0 aromatic heterocycles. The standard InChI is InChI=1S/C10H9Cl2NO3/c11-4-5-16-10(15)13-8-3-1-2-7(6-8)9(12)14/h1-3,6H,4-5H2,(H,13,15). The molecule has 0 aliphatic carbocycles. The summed E-state index contributed by atoms with van der Waals surface area (Å²) in [5.41, 5.74) is 0.739. The molecule has 4 nitrogen and oxygen atoms in total. The molecule has 0 heterocycles. The zero-order valence-electron chi connectivity index (χ0n) is 8.20. The van der Waals surface area contributed by atoms with E-state index in [0.29, 0.717) is 11.3 Å². The fraction of sp³-hybridized carbons (Fsp3) is 0.200. The first-order valence-electron chi connectivity index (χ1n) is 4.43. The second-order valence-electron chi connectivity index (χ2n) is 2.80. The molecule has 1 aromatic rings. The molecule has 0 spiro atoms. The number of anilines is 1. The first kappa shape index (κ1) is 12.8. The number of rotatable bonds is 4. The van der Waals surface area contributed by atoms with Crippen molar-refractivity contribution in [1.29, 1.82) is 0 Å². The van der Waals surface area contributed by atoms with Gasteiger partial charge in [0, 0.05) is 11.3 Å². The van der Waals surface area contributed by atoms with Gasteiger partial charge in [-0.3, -0.25) is 10.1 Å². The number of carbonyl (C=O) groups is 2. The lowest BCUT2D eigenvalue weighted by Crippen LogP contribution is -2.15. The van der Waals surface area contributed by atoms with Gasteiger partial charge in [0.2, 0.25) is 0 Å². The van der Waals surface area contributed by atoms with Crippen LogP contribution in [-0.4, -0.2) is 23.8 Å². The summed E-state index contributed by atoms with van der Waals surface area (Å²) in [5.74, 6) is 0.230. The van der Waals surface area contributed by atoms with E-state index in [4.69, 9.17) is 27.9 Å². The van der Waals surface area contributed by atoms with Crippen molar-refractivity contribution in [2.75, 3.05) is 17.8 Å². The Kier molecular flexibility index (Phi) is 5.08. The van der Waals surface area contributed by atoms with Crippen LogP contribution in [0.2, 0.25) is 0 Å². The SMILES string of the molecule is O=C(Nc1cccc(C(=O)Cl)c1)OCCCl. The molecule has 1 N–H and O–H groups in total. The maximum Gasteiger partial charge on any atom is 0.411 e. The van der Waals surface area contributed by atoms with Crippen molar-refractivity contribution in [2.45, 2.75) is 0 Å². The highest BCUT2D eigenvalue weighted by Gasteiger charge is 2.05. The quantitative estimate of drug-likeness (QED) is 0.670. The number of hydrogen-bond donors (Lipinski definition) is 1. The van der Waals surface area contributed by atoms with Crippen LogP contribution in [0, 0.1) is 0 Å². The van der Waals surface area contributed by atoms with E-state index in [9.17, 15) is 9.59 Å². The lowest BCUT2D eigenvalue weighted by atomic mass is 10.2. The summed E-state index contributed by atoms with van der Waals surface area (Å²) in [7, 11) is 0. The Balaban J connectivity index is 2.63. The molecule has 0 radical (unpaired) electrons. The summed E-state index contributed by atoms with van der Waals surface area (Å²) in [5, 5.41) is 1.86.